The Bertz CT molecular complexity index is 508. The van der Waals surface area contributed by atoms with E-state index in [-0.39, 0.29) is 5.91 Å². The minimum Gasteiger partial charge on any atom is -0.462 e. The first-order valence-electron chi connectivity index (χ1n) is 6.89. The minimum atomic E-state index is -0.568. The van der Waals surface area contributed by atoms with Crippen molar-refractivity contribution in [1.82, 2.24) is 5.32 Å². The van der Waals surface area contributed by atoms with Crippen LogP contribution in [0.2, 0.25) is 0 Å². The molecule has 2 rings (SSSR count). The number of rotatable bonds is 4. The Morgan fingerprint density at radius 1 is 1.40 bits per heavy atom. The Balaban J connectivity index is 2.17. The van der Waals surface area contributed by atoms with Crippen LogP contribution in [0.25, 0.3) is 0 Å². The predicted molar refractivity (Wildman–Crippen MR) is 76.7 cm³/mol. The molecule has 1 unspecified atom stereocenters. The number of para-hydroxylation sites is 1. The maximum Gasteiger partial charge on any atom is 0.340 e. The van der Waals surface area contributed by atoms with Gasteiger partial charge >= 0.3 is 5.97 Å². The summed E-state index contributed by atoms with van der Waals surface area (Å²) < 4.78 is 4.99. The van der Waals surface area contributed by atoms with Crippen molar-refractivity contribution < 1.29 is 14.3 Å². The van der Waals surface area contributed by atoms with E-state index in [0.29, 0.717) is 17.9 Å². The highest BCUT2D eigenvalue weighted by Crippen LogP contribution is 2.23. The fourth-order valence-corrected chi connectivity index (χ4v) is 2.33. The highest BCUT2D eigenvalue weighted by Gasteiger charge is 2.36. The van der Waals surface area contributed by atoms with E-state index < -0.39 is 11.5 Å². The summed E-state index contributed by atoms with van der Waals surface area (Å²) >= 11 is 0. The minimum absolute atomic E-state index is 0.119. The molecule has 1 saturated heterocycles. The number of esters is 1. The molecule has 0 bridgehead atoms. The monoisotopic (exact) mass is 276 g/mol. The molecule has 2 N–H and O–H groups in total. The summed E-state index contributed by atoms with van der Waals surface area (Å²) in [6.07, 6.45) is 1.77. The molecule has 0 aromatic heterocycles. The largest absolute Gasteiger partial charge is 0.462 e. The number of hydrogen-bond acceptors (Lipinski definition) is 4. The second kappa shape index (κ2) is 6.05. The van der Waals surface area contributed by atoms with Gasteiger partial charge in [-0.05, 0) is 45.4 Å². The Morgan fingerprint density at radius 2 is 2.15 bits per heavy atom. The molecule has 5 nitrogen and oxygen atoms in total. The summed E-state index contributed by atoms with van der Waals surface area (Å²) in [5, 5.41) is 6.03. The third-order valence-corrected chi connectivity index (χ3v) is 3.54. The lowest BCUT2D eigenvalue weighted by Crippen LogP contribution is -2.48. The van der Waals surface area contributed by atoms with Crippen LogP contribution in [0.3, 0.4) is 0 Å². The SMILES string of the molecule is CCOC(=O)c1ccccc1NC(=O)C1(C)CCCN1. The van der Waals surface area contributed by atoms with Gasteiger partial charge in [0.15, 0.2) is 0 Å². The van der Waals surface area contributed by atoms with Crippen molar-refractivity contribution in [3.63, 3.8) is 0 Å². The van der Waals surface area contributed by atoms with Gasteiger partial charge in [-0.25, -0.2) is 4.79 Å². The smallest absolute Gasteiger partial charge is 0.340 e. The second-order valence-corrected chi connectivity index (χ2v) is 5.08. The lowest BCUT2D eigenvalue weighted by molar-refractivity contribution is -0.121. The molecule has 1 aliphatic rings. The Labute approximate surface area is 118 Å². The van der Waals surface area contributed by atoms with E-state index in [0.717, 1.165) is 19.4 Å². The van der Waals surface area contributed by atoms with Crippen molar-refractivity contribution in [3.05, 3.63) is 29.8 Å². The van der Waals surface area contributed by atoms with Gasteiger partial charge in [0.1, 0.15) is 0 Å². The predicted octanol–water partition coefficient (Wildman–Crippen LogP) is 1.94. The Hall–Kier alpha value is -1.88. The zero-order chi connectivity index (χ0) is 14.6. The van der Waals surface area contributed by atoms with Gasteiger partial charge in [0.25, 0.3) is 0 Å². The van der Waals surface area contributed by atoms with Gasteiger partial charge in [-0.3, -0.25) is 4.79 Å². The topological polar surface area (TPSA) is 67.4 Å². The van der Waals surface area contributed by atoms with Crippen molar-refractivity contribution >= 4 is 17.6 Å². The highest BCUT2D eigenvalue weighted by atomic mass is 16.5. The molecular formula is C15H20N2O3. The molecule has 1 atom stereocenters. The van der Waals surface area contributed by atoms with Crippen molar-refractivity contribution in [1.29, 1.82) is 0 Å². The first-order chi connectivity index (χ1) is 9.57. The number of hydrogen-bond donors (Lipinski definition) is 2. The number of ether oxygens (including phenoxy) is 1. The van der Waals surface area contributed by atoms with Gasteiger partial charge in [-0.2, -0.15) is 0 Å². The summed E-state index contributed by atoms with van der Waals surface area (Å²) in [4.78, 5) is 24.2. The Kier molecular flexibility index (Phi) is 4.39. The van der Waals surface area contributed by atoms with Crippen LogP contribution in [0.1, 0.15) is 37.0 Å². The van der Waals surface area contributed by atoms with Gasteiger partial charge in [-0.15, -0.1) is 0 Å². The summed E-state index contributed by atoms with van der Waals surface area (Å²) in [5.41, 5.74) is 0.303. The quantitative estimate of drug-likeness (QED) is 0.825. The van der Waals surface area contributed by atoms with Gasteiger partial charge in [0.2, 0.25) is 5.91 Å². The number of nitrogens with one attached hydrogen (secondary N) is 2. The zero-order valence-corrected chi connectivity index (χ0v) is 11.9. The summed E-state index contributed by atoms with van der Waals surface area (Å²) in [5.74, 6) is -0.542. The van der Waals surface area contributed by atoms with Gasteiger partial charge in [-0.1, -0.05) is 12.1 Å². The van der Waals surface area contributed by atoms with Crippen LogP contribution < -0.4 is 10.6 Å². The van der Waals surface area contributed by atoms with E-state index >= 15 is 0 Å². The second-order valence-electron chi connectivity index (χ2n) is 5.08. The molecule has 5 heteroatoms. The van der Waals surface area contributed by atoms with E-state index in [4.69, 9.17) is 4.74 Å². The molecule has 0 radical (unpaired) electrons. The van der Waals surface area contributed by atoms with Crippen molar-refractivity contribution in [3.8, 4) is 0 Å². The normalized spacial score (nSPS) is 21.5. The molecule has 1 heterocycles. The fourth-order valence-electron chi connectivity index (χ4n) is 2.33. The molecule has 1 fully saturated rings. The van der Waals surface area contributed by atoms with Crippen molar-refractivity contribution in [2.45, 2.75) is 32.2 Å². The molecular weight excluding hydrogens is 256 g/mol. The van der Waals surface area contributed by atoms with Gasteiger partial charge in [0, 0.05) is 0 Å². The molecule has 20 heavy (non-hydrogen) atoms. The fraction of sp³-hybridized carbons (Fsp3) is 0.467. The molecule has 108 valence electrons. The summed E-state index contributed by atoms with van der Waals surface area (Å²) in [6.45, 7) is 4.77. The van der Waals surface area contributed by atoms with Crippen LogP contribution in [0.4, 0.5) is 5.69 Å². The number of carbonyl (C=O) groups is 2. The van der Waals surface area contributed by atoms with Crippen molar-refractivity contribution in [2.24, 2.45) is 0 Å². The number of benzene rings is 1. The van der Waals surface area contributed by atoms with Crippen LogP contribution in [-0.4, -0.2) is 30.6 Å². The van der Waals surface area contributed by atoms with E-state index in [1.165, 1.54) is 0 Å². The third-order valence-electron chi connectivity index (χ3n) is 3.54. The summed E-state index contributed by atoms with van der Waals surface area (Å²) in [6, 6.07) is 6.89. The van der Waals surface area contributed by atoms with E-state index in [2.05, 4.69) is 10.6 Å². The van der Waals surface area contributed by atoms with E-state index in [1.54, 1.807) is 31.2 Å². The van der Waals surface area contributed by atoms with Crippen LogP contribution >= 0.6 is 0 Å². The van der Waals surface area contributed by atoms with Crippen LogP contribution in [0, 0.1) is 0 Å². The average molecular weight is 276 g/mol. The third kappa shape index (κ3) is 2.99. The molecule has 0 saturated carbocycles. The molecule has 1 aliphatic heterocycles. The van der Waals surface area contributed by atoms with Gasteiger partial charge < -0.3 is 15.4 Å². The van der Waals surface area contributed by atoms with E-state index in [9.17, 15) is 9.59 Å². The summed E-state index contributed by atoms with van der Waals surface area (Å²) in [7, 11) is 0. The first kappa shape index (κ1) is 14.5. The average Bonchev–Trinajstić information content (AvgIpc) is 2.88. The molecule has 0 spiro atoms. The van der Waals surface area contributed by atoms with Crippen LogP contribution in [0.15, 0.2) is 24.3 Å². The lowest BCUT2D eigenvalue weighted by Gasteiger charge is -2.23. The van der Waals surface area contributed by atoms with E-state index in [1.807, 2.05) is 6.92 Å². The highest BCUT2D eigenvalue weighted by molar-refractivity contribution is 6.04. The van der Waals surface area contributed by atoms with Crippen LogP contribution in [-0.2, 0) is 9.53 Å². The molecule has 1 amide bonds. The number of amides is 1. The number of anilines is 1. The van der Waals surface area contributed by atoms with Gasteiger partial charge in [0.05, 0.1) is 23.4 Å². The zero-order valence-electron chi connectivity index (χ0n) is 11.9. The number of carbonyl (C=O) groups excluding carboxylic acids is 2. The maximum absolute atomic E-state index is 12.3. The maximum atomic E-state index is 12.3. The van der Waals surface area contributed by atoms with Crippen LogP contribution in [0.5, 0.6) is 0 Å². The molecule has 1 aromatic carbocycles. The first-order valence-corrected chi connectivity index (χ1v) is 6.89. The van der Waals surface area contributed by atoms with Crippen molar-refractivity contribution in [2.75, 3.05) is 18.5 Å². The Morgan fingerprint density at radius 3 is 2.80 bits per heavy atom. The molecule has 0 aliphatic carbocycles. The standard InChI is InChI=1S/C15H20N2O3/c1-3-20-13(18)11-7-4-5-8-12(11)17-14(19)15(2)9-6-10-16-15/h4-5,7-8,16H,3,6,9-10H2,1-2H3,(H,17,19). The lowest BCUT2D eigenvalue weighted by atomic mass is 9.99. The molecule has 1 aromatic rings.